The molecular weight excluding hydrogens is 285 g/mol. The quantitative estimate of drug-likeness (QED) is 0.893. The SMILES string of the molecule is COc1ccc(F)cc1[C@H](C)NC(=O)[C@@H](C)S(C)(=O)=O. The van der Waals surface area contributed by atoms with Gasteiger partial charge in [0.1, 0.15) is 16.8 Å². The van der Waals surface area contributed by atoms with Crippen LogP contribution in [0.25, 0.3) is 0 Å². The fraction of sp³-hybridized carbons (Fsp3) is 0.462. The van der Waals surface area contributed by atoms with Crippen LogP contribution in [0.15, 0.2) is 18.2 Å². The number of rotatable bonds is 5. The van der Waals surface area contributed by atoms with Crippen LogP contribution in [-0.2, 0) is 14.6 Å². The number of sulfone groups is 1. The molecule has 0 bridgehead atoms. The van der Waals surface area contributed by atoms with Gasteiger partial charge in [0.25, 0.3) is 0 Å². The summed E-state index contributed by atoms with van der Waals surface area (Å²) in [6.45, 7) is 2.93. The monoisotopic (exact) mass is 303 g/mol. The van der Waals surface area contributed by atoms with Crippen molar-refractivity contribution in [3.8, 4) is 5.75 Å². The highest BCUT2D eigenvalue weighted by Gasteiger charge is 2.25. The van der Waals surface area contributed by atoms with Gasteiger partial charge in [-0.05, 0) is 32.0 Å². The topological polar surface area (TPSA) is 72.5 Å². The summed E-state index contributed by atoms with van der Waals surface area (Å²) >= 11 is 0. The van der Waals surface area contributed by atoms with Crippen LogP contribution < -0.4 is 10.1 Å². The second-order valence-electron chi connectivity index (χ2n) is 4.59. The van der Waals surface area contributed by atoms with E-state index in [0.717, 1.165) is 6.26 Å². The molecule has 0 aliphatic rings. The number of halogens is 1. The molecule has 1 amide bonds. The molecular formula is C13H18FNO4S. The summed E-state index contributed by atoms with van der Waals surface area (Å²) < 4.78 is 41.0. The van der Waals surface area contributed by atoms with E-state index in [1.165, 1.54) is 32.2 Å². The number of benzene rings is 1. The van der Waals surface area contributed by atoms with Gasteiger partial charge in [-0.2, -0.15) is 0 Å². The number of methoxy groups -OCH3 is 1. The van der Waals surface area contributed by atoms with E-state index in [9.17, 15) is 17.6 Å². The maximum Gasteiger partial charge on any atom is 0.238 e. The largest absolute Gasteiger partial charge is 0.496 e. The molecule has 1 aromatic carbocycles. The van der Waals surface area contributed by atoms with Crippen molar-refractivity contribution in [2.75, 3.05) is 13.4 Å². The highest BCUT2D eigenvalue weighted by atomic mass is 32.2. The van der Waals surface area contributed by atoms with Gasteiger partial charge in [0.05, 0.1) is 13.2 Å². The number of hydrogen-bond acceptors (Lipinski definition) is 4. The number of ether oxygens (including phenoxy) is 1. The first-order valence-corrected chi connectivity index (χ1v) is 7.95. The summed E-state index contributed by atoms with van der Waals surface area (Å²) in [5.41, 5.74) is 0.446. The zero-order valence-electron chi connectivity index (χ0n) is 11.8. The van der Waals surface area contributed by atoms with Crippen LogP contribution in [-0.4, -0.2) is 32.9 Å². The third-order valence-electron chi connectivity index (χ3n) is 3.03. The van der Waals surface area contributed by atoms with E-state index < -0.39 is 32.9 Å². The molecule has 0 spiro atoms. The minimum Gasteiger partial charge on any atom is -0.496 e. The molecule has 112 valence electrons. The third kappa shape index (κ3) is 3.93. The molecule has 0 fully saturated rings. The number of carbonyl (C=O) groups is 1. The number of hydrogen-bond donors (Lipinski definition) is 1. The molecule has 0 unspecified atom stereocenters. The van der Waals surface area contributed by atoms with Gasteiger partial charge < -0.3 is 10.1 Å². The zero-order valence-corrected chi connectivity index (χ0v) is 12.6. The van der Waals surface area contributed by atoms with Crippen molar-refractivity contribution >= 4 is 15.7 Å². The third-order valence-corrected chi connectivity index (χ3v) is 4.53. The molecule has 1 aromatic rings. The Kier molecular flexibility index (Phi) is 5.10. The molecule has 1 N–H and O–H groups in total. The molecule has 0 radical (unpaired) electrons. The molecule has 1 rings (SSSR count). The van der Waals surface area contributed by atoms with Crippen LogP contribution in [0.3, 0.4) is 0 Å². The van der Waals surface area contributed by atoms with Gasteiger partial charge in [-0.15, -0.1) is 0 Å². The van der Waals surface area contributed by atoms with Crippen molar-refractivity contribution in [3.63, 3.8) is 0 Å². The lowest BCUT2D eigenvalue weighted by atomic mass is 10.1. The number of carbonyl (C=O) groups excluding carboxylic acids is 1. The first kappa shape index (κ1) is 16.4. The lowest BCUT2D eigenvalue weighted by Crippen LogP contribution is -2.38. The smallest absolute Gasteiger partial charge is 0.238 e. The van der Waals surface area contributed by atoms with Crippen molar-refractivity contribution in [2.24, 2.45) is 0 Å². The van der Waals surface area contributed by atoms with E-state index in [-0.39, 0.29) is 0 Å². The Morgan fingerprint density at radius 1 is 1.35 bits per heavy atom. The summed E-state index contributed by atoms with van der Waals surface area (Å²) in [5.74, 6) is -0.671. The molecule has 0 aliphatic heterocycles. The molecule has 0 aromatic heterocycles. The summed E-state index contributed by atoms with van der Waals surface area (Å²) in [4.78, 5) is 11.8. The molecule has 0 heterocycles. The van der Waals surface area contributed by atoms with Crippen LogP contribution in [0.4, 0.5) is 4.39 Å². The Labute approximate surface area is 118 Å². The lowest BCUT2D eigenvalue weighted by Gasteiger charge is -2.19. The summed E-state index contributed by atoms with van der Waals surface area (Å²) in [6, 6.07) is 3.37. The van der Waals surface area contributed by atoms with Crippen molar-refractivity contribution in [1.82, 2.24) is 5.32 Å². The van der Waals surface area contributed by atoms with Gasteiger partial charge in [0.15, 0.2) is 9.84 Å². The average Bonchev–Trinajstić information content (AvgIpc) is 2.36. The minimum absolute atomic E-state index is 0.422. The van der Waals surface area contributed by atoms with Gasteiger partial charge in [-0.3, -0.25) is 4.79 Å². The van der Waals surface area contributed by atoms with E-state index >= 15 is 0 Å². The zero-order chi connectivity index (χ0) is 15.5. The van der Waals surface area contributed by atoms with Crippen LogP contribution in [0.5, 0.6) is 5.75 Å². The molecule has 7 heteroatoms. The molecule has 0 saturated carbocycles. The standard InChI is InChI=1S/C13H18FNO4S/c1-8(15-13(16)9(2)20(4,17)18)11-7-10(14)5-6-12(11)19-3/h5-9H,1-4H3,(H,15,16)/t8-,9+/m0/s1. The Hall–Kier alpha value is -1.63. The van der Waals surface area contributed by atoms with E-state index in [0.29, 0.717) is 11.3 Å². The maximum atomic E-state index is 13.3. The second-order valence-corrected chi connectivity index (χ2v) is 6.95. The summed E-state index contributed by atoms with van der Waals surface area (Å²) in [5, 5.41) is 1.38. The van der Waals surface area contributed by atoms with Crippen LogP contribution in [0, 0.1) is 5.82 Å². The number of amides is 1. The van der Waals surface area contributed by atoms with Crippen molar-refractivity contribution < 1.29 is 22.3 Å². The molecule has 2 atom stereocenters. The van der Waals surface area contributed by atoms with Gasteiger partial charge >= 0.3 is 0 Å². The maximum absolute atomic E-state index is 13.3. The van der Waals surface area contributed by atoms with Crippen molar-refractivity contribution in [3.05, 3.63) is 29.6 Å². The predicted molar refractivity (Wildman–Crippen MR) is 73.8 cm³/mol. The average molecular weight is 303 g/mol. The Morgan fingerprint density at radius 3 is 2.45 bits per heavy atom. The second kappa shape index (κ2) is 6.21. The Balaban J connectivity index is 2.94. The molecule has 20 heavy (non-hydrogen) atoms. The summed E-state index contributed by atoms with van der Waals surface area (Å²) in [6.07, 6.45) is 0.991. The fourth-order valence-electron chi connectivity index (χ4n) is 1.65. The van der Waals surface area contributed by atoms with Crippen molar-refractivity contribution in [2.45, 2.75) is 25.1 Å². The van der Waals surface area contributed by atoms with Gasteiger partial charge in [0, 0.05) is 11.8 Å². The minimum atomic E-state index is -3.47. The fourth-order valence-corrected chi connectivity index (χ4v) is 2.10. The van der Waals surface area contributed by atoms with Gasteiger partial charge in [-0.25, -0.2) is 12.8 Å². The Morgan fingerprint density at radius 2 is 1.95 bits per heavy atom. The highest BCUT2D eigenvalue weighted by Crippen LogP contribution is 2.25. The summed E-state index contributed by atoms with van der Waals surface area (Å²) in [7, 11) is -2.04. The van der Waals surface area contributed by atoms with Crippen LogP contribution in [0.2, 0.25) is 0 Å². The van der Waals surface area contributed by atoms with Crippen molar-refractivity contribution in [1.29, 1.82) is 0 Å². The molecule has 0 aliphatic carbocycles. The van der Waals surface area contributed by atoms with Gasteiger partial charge in [-0.1, -0.05) is 0 Å². The van der Waals surface area contributed by atoms with Gasteiger partial charge in [0.2, 0.25) is 5.91 Å². The number of nitrogens with one attached hydrogen (secondary N) is 1. The predicted octanol–water partition coefficient (Wildman–Crippen LogP) is 1.44. The van der Waals surface area contributed by atoms with Crippen LogP contribution in [0.1, 0.15) is 25.5 Å². The lowest BCUT2D eigenvalue weighted by molar-refractivity contribution is -0.121. The first-order chi connectivity index (χ1) is 9.16. The molecule has 0 saturated heterocycles. The first-order valence-electron chi connectivity index (χ1n) is 5.99. The highest BCUT2D eigenvalue weighted by molar-refractivity contribution is 7.92. The van der Waals surface area contributed by atoms with Crippen LogP contribution >= 0.6 is 0 Å². The van der Waals surface area contributed by atoms with E-state index in [1.807, 2.05) is 0 Å². The molecule has 5 nitrogen and oxygen atoms in total. The Bertz CT molecular complexity index is 600. The normalized spacial score (nSPS) is 14.4. The van der Waals surface area contributed by atoms with E-state index in [1.54, 1.807) is 6.92 Å². The van der Waals surface area contributed by atoms with E-state index in [2.05, 4.69) is 5.32 Å². The van der Waals surface area contributed by atoms with E-state index in [4.69, 9.17) is 4.74 Å².